The number of aliphatic hydroxyl groups is 1. The molecule has 29 heavy (non-hydrogen) atoms. The quantitative estimate of drug-likeness (QED) is 0.786. The van der Waals surface area contributed by atoms with Gasteiger partial charge >= 0.3 is 0 Å². The Balaban J connectivity index is 1.41. The SMILES string of the molecule is Cc1nc(C)c(C(=O)Nc2cccc(S(=O)(=O)N3CC4CC5CC4C3C5O)c2)o1. The number of aromatic nitrogens is 1. The Labute approximate surface area is 169 Å². The zero-order chi connectivity index (χ0) is 20.5. The van der Waals surface area contributed by atoms with Crippen LogP contribution >= 0.6 is 0 Å². The average Bonchev–Trinajstić information content (AvgIpc) is 3.36. The first kappa shape index (κ1) is 18.8. The van der Waals surface area contributed by atoms with E-state index in [-0.39, 0.29) is 28.5 Å². The largest absolute Gasteiger partial charge is 0.436 e. The number of fused-ring (bicyclic) bond motifs is 1. The Hall–Kier alpha value is -2.23. The number of oxazole rings is 1. The van der Waals surface area contributed by atoms with Crippen LogP contribution in [-0.4, -0.2) is 47.4 Å². The van der Waals surface area contributed by atoms with Crippen molar-refractivity contribution < 1.29 is 22.7 Å². The maximum Gasteiger partial charge on any atom is 0.293 e. The standard InChI is InChI=1S/C20H23N3O5S/c1-10-19(28-11(2)21-10)20(25)22-14-4-3-5-15(8-14)29(26,27)23-9-13-6-12-7-16(13)17(23)18(12)24/h3-5,8,12-13,16-18,24H,6-7,9H2,1-2H3,(H,22,25). The molecule has 8 nitrogen and oxygen atoms in total. The number of carbonyl (C=O) groups excluding carboxylic acids is 1. The highest BCUT2D eigenvalue weighted by molar-refractivity contribution is 7.89. The lowest BCUT2D eigenvalue weighted by Gasteiger charge is -2.28. The van der Waals surface area contributed by atoms with Crippen molar-refractivity contribution in [2.45, 2.75) is 43.7 Å². The number of rotatable bonds is 4. The topological polar surface area (TPSA) is 113 Å². The lowest BCUT2D eigenvalue weighted by atomic mass is 9.88. The van der Waals surface area contributed by atoms with Gasteiger partial charge in [-0.1, -0.05) is 6.07 Å². The first-order chi connectivity index (χ1) is 13.8. The summed E-state index contributed by atoms with van der Waals surface area (Å²) in [5.41, 5.74) is 0.831. The van der Waals surface area contributed by atoms with Crippen LogP contribution in [0.5, 0.6) is 0 Å². The number of hydrogen-bond donors (Lipinski definition) is 2. The summed E-state index contributed by atoms with van der Waals surface area (Å²) in [7, 11) is -3.77. The molecule has 2 aromatic rings. The summed E-state index contributed by atoms with van der Waals surface area (Å²) >= 11 is 0. The highest BCUT2D eigenvalue weighted by atomic mass is 32.2. The van der Waals surface area contributed by atoms with Gasteiger partial charge in [-0.3, -0.25) is 4.79 Å². The average molecular weight is 417 g/mol. The molecule has 5 unspecified atom stereocenters. The van der Waals surface area contributed by atoms with Crippen molar-refractivity contribution in [2.24, 2.45) is 17.8 Å². The molecule has 1 aromatic carbocycles. The van der Waals surface area contributed by atoms with Crippen LogP contribution in [0.1, 0.15) is 35.0 Å². The fraction of sp³-hybridized carbons (Fsp3) is 0.500. The van der Waals surface area contributed by atoms with Crippen molar-refractivity contribution in [3.8, 4) is 0 Å². The fourth-order valence-corrected chi connectivity index (χ4v) is 7.22. The van der Waals surface area contributed by atoms with Gasteiger partial charge in [0.15, 0.2) is 5.89 Å². The maximum atomic E-state index is 13.3. The van der Waals surface area contributed by atoms with Crippen molar-refractivity contribution in [2.75, 3.05) is 11.9 Å². The molecule has 2 N–H and O–H groups in total. The molecule has 0 radical (unpaired) electrons. The van der Waals surface area contributed by atoms with Crippen molar-refractivity contribution >= 4 is 21.6 Å². The second-order valence-electron chi connectivity index (χ2n) is 8.34. The molecule has 1 saturated heterocycles. The van der Waals surface area contributed by atoms with E-state index in [4.69, 9.17) is 4.42 Å². The summed E-state index contributed by atoms with van der Waals surface area (Å²) in [6.07, 6.45) is 1.23. The van der Waals surface area contributed by atoms with Crippen molar-refractivity contribution in [1.82, 2.24) is 9.29 Å². The zero-order valence-electron chi connectivity index (χ0n) is 16.2. The van der Waals surface area contributed by atoms with Gasteiger partial charge in [0, 0.05) is 19.2 Å². The molecule has 5 atom stereocenters. The van der Waals surface area contributed by atoms with E-state index < -0.39 is 22.0 Å². The van der Waals surface area contributed by atoms with Gasteiger partial charge in [0.1, 0.15) is 0 Å². The van der Waals surface area contributed by atoms with E-state index in [2.05, 4.69) is 10.3 Å². The summed E-state index contributed by atoms with van der Waals surface area (Å²) in [6, 6.07) is 5.86. The summed E-state index contributed by atoms with van der Waals surface area (Å²) in [6.45, 7) is 3.79. The molecule has 9 heteroatoms. The van der Waals surface area contributed by atoms with Gasteiger partial charge in [-0.25, -0.2) is 13.4 Å². The normalized spacial score (nSPS) is 30.8. The Morgan fingerprint density at radius 3 is 2.76 bits per heavy atom. The van der Waals surface area contributed by atoms with Crippen LogP contribution in [0.3, 0.4) is 0 Å². The van der Waals surface area contributed by atoms with E-state index in [0.29, 0.717) is 29.7 Å². The first-order valence-corrected chi connectivity index (χ1v) is 11.2. The predicted octanol–water partition coefficient (Wildman–Crippen LogP) is 1.93. The number of aryl methyl sites for hydroxylation is 2. The number of hydrogen-bond acceptors (Lipinski definition) is 6. The van der Waals surface area contributed by atoms with E-state index in [1.165, 1.54) is 16.4 Å². The van der Waals surface area contributed by atoms with E-state index >= 15 is 0 Å². The Morgan fingerprint density at radius 1 is 1.28 bits per heavy atom. The highest BCUT2D eigenvalue weighted by Crippen LogP contribution is 2.56. The van der Waals surface area contributed by atoms with Gasteiger partial charge in [0.05, 0.1) is 22.7 Å². The number of nitrogens with zero attached hydrogens (tertiary/aromatic N) is 2. The molecule has 3 fully saturated rings. The number of carbonyl (C=O) groups is 1. The number of aliphatic hydroxyl groups excluding tert-OH is 1. The summed E-state index contributed by atoms with van der Waals surface area (Å²) < 4.78 is 33.5. The molecule has 5 rings (SSSR count). The molecule has 2 aliphatic carbocycles. The van der Waals surface area contributed by atoms with Gasteiger partial charge in [-0.2, -0.15) is 4.31 Å². The minimum atomic E-state index is -3.77. The summed E-state index contributed by atoms with van der Waals surface area (Å²) in [4.78, 5) is 16.7. The molecular formula is C20H23N3O5S. The molecule has 0 spiro atoms. The van der Waals surface area contributed by atoms with Gasteiger partial charge in [0.2, 0.25) is 15.8 Å². The molecule has 1 aromatic heterocycles. The third-order valence-corrected chi connectivity index (χ3v) is 8.47. The molecule has 2 bridgehead atoms. The third kappa shape index (κ3) is 2.83. The van der Waals surface area contributed by atoms with Gasteiger partial charge in [-0.15, -0.1) is 0 Å². The van der Waals surface area contributed by atoms with Gasteiger partial charge in [-0.05, 0) is 55.7 Å². The molecular weight excluding hydrogens is 394 g/mol. The number of nitrogens with one attached hydrogen (secondary N) is 1. The zero-order valence-corrected chi connectivity index (χ0v) is 17.0. The van der Waals surface area contributed by atoms with E-state index in [9.17, 15) is 18.3 Å². The van der Waals surface area contributed by atoms with Crippen molar-refractivity contribution in [3.63, 3.8) is 0 Å². The van der Waals surface area contributed by atoms with E-state index in [1.54, 1.807) is 26.0 Å². The molecule has 2 saturated carbocycles. The molecule has 154 valence electrons. The molecule has 1 aliphatic heterocycles. The molecule has 3 aliphatic rings. The van der Waals surface area contributed by atoms with Crippen LogP contribution in [-0.2, 0) is 10.0 Å². The summed E-state index contributed by atoms with van der Waals surface area (Å²) in [5, 5.41) is 13.2. The Bertz CT molecular complexity index is 1090. The highest BCUT2D eigenvalue weighted by Gasteiger charge is 2.61. The van der Waals surface area contributed by atoms with Crippen LogP contribution in [0, 0.1) is 31.6 Å². The molecule has 2 heterocycles. The van der Waals surface area contributed by atoms with Crippen molar-refractivity contribution in [1.29, 1.82) is 0 Å². The van der Waals surface area contributed by atoms with Gasteiger partial charge in [0.25, 0.3) is 5.91 Å². The maximum absolute atomic E-state index is 13.3. The minimum absolute atomic E-state index is 0.104. The van der Waals surface area contributed by atoms with Crippen LogP contribution in [0.4, 0.5) is 5.69 Å². The minimum Gasteiger partial charge on any atom is -0.436 e. The van der Waals surface area contributed by atoms with E-state index in [0.717, 1.165) is 12.8 Å². The number of benzene rings is 1. The van der Waals surface area contributed by atoms with E-state index in [1.807, 2.05) is 0 Å². The second-order valence-corrected chi connectivity index (χ2v) is 10.2. The predicted molar refractivity (Wildman–Crippen MR) is 104 cm³/mol. The van der Waals surface area contributed by atoms with Crippen LogP contribution in [0.2, 0.25) is 0 Å². The lowest BCUT2D eigenvalue weighted by Crippen LogP contribution is -2.43. The summed E-state index contributed by atoms with van der Waals surface area (Å²) in [5.74, 6) is 0.822. The van der Waals surface area contributed by atoms with Crippen molar-refractivity contribution in [3.05, 3.63) is 41.6 Å². The number of anilines is 1. The third-order valence-electron chi connectivity index (χ3n) is 6.61. The lowest BCUT2D eigenvalue weighted by molar-refractivity contribution is 0.0731. The Morgan fingerprint density at radius 2 is 2.07 bits per heavy atom. The molecule has 1 amide bonds. The van der Waals surface area contributed by atoms with Crippen LogP contribution < -0.4 is 5.32 Å². The van der Waals surface area contributed by atoms with Crippen LogP contribution in [0.15, 0.2) is 33.6 Å². The first-order valence-electron chi connectivity index (χ1n) is 9.81. The second kappa shape index (κ2) is 6.38. The Kier molecular flexibility index (Phi) is 4.13. The fourth-order valence-electron chi connectivity index (χ4n) is 5.44. The monoisotopic (exact) mass is 417 g/mol. The van der Waals surface area contributed by atoms with Gasteiger partial charge < -0.3 is 14.8 Å². The number of amides is 1. The van der Waals surface area contributed by atoms with Crippen LogP contribution in [0.25, 0.3) is 0 Å². The number of sulfonamides is 1. The smallest absolute Gasteiger partial charge is 0.293 e.